The summed E-state index contributed by atoms with van der Waals surface area (Å²) in [7, 11) is 0. The highest BCUT2D eigenvalue weighted by Gasteiger charge is 2.30. The molecule has 2 aliphatic rings. The van der Waals surface area contributed by atoms with Gasteiger partial charge >= 0.3 is 0 Å². The fourth-order valence-corrected chi connectivity index (χ4v) is 2.69. The number of hydrogen-bond donors (Lipinski definition) is 2. The zero-order chi connectivity index (χ0) is 13.0. The molecule has 2 amide bonds. The third-order valence-corrected chi connectivity index (χ3v) is 3.65. The van der Waals surface area contributed by atoms with Crippen molar-refractivity contribution in [2.75, 3.05) is 6.61 Å². The van der Waals surface area contributed by atoms with Crippen LogP contribution in [0, 0.1) is 0 Å². The van der Waals surface area contributed by atoms with E-state index in [1.165, 1.54) is 0 Å². The monoisotopic (exact) mass is 254 g/mol. The van der Waals surface area contributed by atoms with Gasteiger partial charge in [-0.3, -0.25) is 14.9 Å². The van der Waals surface area contributed by atoms with E-state index in [9.17, 15) is 9.59 Å². The van der Waals surface area contributed by atoms with Gasteiger partial charge < -0.3 is 10.1 Å². The average molecular weight is 254 g/mol. The second-order valence-corrected chi connectivity index (χ2v) is 5.17. The first-order valence-electron chi connectivity index (χ1n) is 6.90. The summed E-state index contributed by atoms with van der Waals surface area (Å²) < 4.78 is 5.69. The zero-order valence-corrected chi connectivity index (χ0v) is 10.9. The molecule has 0 aromatic heterocycles. The summed E-state index contributed by atoms with van der Waals surface area (Å²) in [5.41, 5.74) is 0. The van der Waals surface area contributed by atoms with E-state index in [0.717, 1.165) is 32.3 Å². The topological polar surface area (TPSA) is 67.4 Å². The molecule has 2 N–H and O–H groups in total. The van der Waals surface area contributed by atoms with E-state index < -0.39 is 0 Å². The lowest BCUT2D eigenvalue weighted by atomic mass is 9.97. The van der Waals surface area contributed by atoms with Gasteiger partial charge in [0, 0.05) is 19.1 Å². The van der Waals surface area contributed by atoms with Crippen LogP contribution in [0.2, 0.25) is 0 Å². The molecule has 0 aliphatic carbocycles. The van der Waals surface area contributed by atoms with Crippen LogP contribution in [0.3, 0.4) is 0 Å². The average Bonchev–Trinajstić information content (AvgIpc) is 2.34. The Morgan fingerprint density at radius 2 is 2.22 bits per heavy atom. The van der Waals surface area contributed by atoms with Gasteiger partial charge in [0.25, 0.3) is 0 Å². The molecule has 0 bridgehead atoms. The summed E-state index contributed by atoms with van der Waals surface area (Å²) in [4.78, 5) is 22.7. The standard InChI is InChI=1S/C13H22N2O3/c1-2-3-10-8-9(6-7-18-10)14-11-4-5-12(16)15-13(11)17/h9-11,14H,2-8H2,1H3,(H,15,16,17). The Labute approximate surface area is 108 Å². The van der Waals surface area contributed by atoms with E-state index in [2.05, 4.69) is 17.6 Å². The minimum Gasteiger partial charge on any atom is -0.378 e. The Hall–Kier alpha value is -0.940. The van der Waals surface area contributed by atoms with Crippen molar-refractivity contribution in [1.29, 1.82) is 0 Å². The van der Waals surface area contributed by atoms with Crippen LogP contribution in [-0.2, 0) is 14.3 Å². The molecule has 0 saturated carbocycles. The minimum absolute atomic E-state index is 0.158. The number of piperidine rings is 1. The fourth-order valence-electron chi connectivity index (χ4n) is 2.69. The number of ether oxygens (including phenoxy) is 1. The number of nitrogens with one attached hydrogen (secondary N) is 2. The number of amides is 2. The Morgan fingerprint density at radius 3 is 2.94 bits per heavy atom. The molecule has 2 saturated heterocycles. The van der Waals surface area contributed by atoms with E-state index in [1.807, 2.05) is 0 Å². The van der Waals surface area contributed by atoms with Crippen LogP contribution in [0.5, 0.6) is 0 Å². The smallest absolute Gasteiger partial charge is 0.243 e. The summed E-state index contributed by atoms with van der Waals surface area (Å²) in [5.74, 6) is -0.335. The number of carbonyl (C=O) groups is 2. The van der Waals surface area contributed by atoms with Crippen LogP contribution in [-0.4, -0.2) is 36.6 Å². The summed E-state index contributed by atoms with van der Waals surface area (Å²) in [6.07, 6.45) is 5.47. The molecule has 18 heavy (non-hydrogen) atoms. The van der Waals surface area contributed by atoms with Crippen molar-refractivity contribution in [3.05, 3.63) is 0 Å². The Balaban J connectivity index is 1.81. The molecule has 5 nitrogen and oxygen atoms in total. The summed E-state index contributed by atoms with van der Waals surface area (Å²) in [6, 6.07) is 0.118. The maximum atomic E-state index is 11.7. The van der Waals surface area contributed by atoms with Crippen molar-refractivity contribution < 1.29 is 14.3 Å². The van der Waals surface area contributed by atoms with Crippen molar-refractivity contribution in [2.45, 2.75) is 63.6 Å². The molecule has 2 fully saturated rings. The zero-order valence-electron chi connectivity index (χ0n) is 10.9. The quantitative estimate of drug-likeness (QED) is 0.726. The van der Waals surface area contributed by atoms with E-state index in [-0.39, 0.29) is 17.9 Å². The molecule has 2 heterocycles. The molecular weight excluding hydrogens is 232 g/mol. The molecule has 0 aromatic carbocycles. The number of rotatable bonds is 4. The highest BCUT2D eigenvalue weighted by Crippen LogP contribution is 2.19. The van der Waals surface area contributed by atoms with Crippen LogP contribution in [0.25, 0.3) is 0 Å². The normalized spacial score (nSPS) is 33.3. The molecule has 2 rings (SSSR count). The molecule has 0 aromatic rings. The number of imide groups is 1. The third-order valence-electron chi connectivity index (χ3n) is 3.65. The van der Waals surface area contributed by atoms with Crippen LogP contribution in [0.15, 0.2) is 0 Å². The predicted molar refractivity (Wildman–Crippen MR) is 67.0 cm³/mol. The molecule has 3 unspecified atom stereocenters. The summed E-state index contributed by atoms with van der Waals surface area (Å²) in [6.45, 7) is 2.91. The highest BCUT2D eigenvalue weighted by atomic mass is 16.5. The van der Waals surface area contributed by atoms with Gasteiger partial charge in [0.2, 0.25) is 11.8 Å². The Morgan fingerprint density at radius 1 is 1.39 bits per heavy atom. The number of hydrogen-bond acceptors (Lipinski definition) is 4. The summed E-state index contributed by atoms with van der Waals surface area (Å²) >= 11 is 0. The van der Waals surface area contributed by atoms with Crippen molar-refractivity contribution in [2.24, 2.45) is 0 Å². The minimum atomic E-state index is -0.215. The molecule has 2 aliphatic heterocycles. The van der Waals surface area contributed by atoms with Crippen molar-refractivity contribution >= 4 is 11.8 Å². The van der Waals surface area contributed by atoms with Crippen LogP contribution in [0.4, 0.5) is 0 Å². The van der Waals surface area contributed by atoms with Gasteiger partial charge in [-0.1, -0.05) is 13.3 Å². The van der Waals surface area contributed by atoms with Gasteiger partial charge in [0.1, 0.15) is 0 Å². The molecular formula is C13H22N2O3. The second kappa shape index (κ2) is 6.29. The molecule has 5 heteroatoms. The molecule has 0 radical (unpaired) electrons. The molecule has 3 atom stereocenters. The van der Waals surface area contributed by atoms with E-state index >= 15 is 0 Å². The SMILES string of the molecule is CCCC1CC(NC2CCC(=O)NC2=O)CCO1. The highest BCUT2D eigenvalue weighted by molar-refractivity contribution is 6.00. The van der Waals surface area contributed by atoms with E-state index in [1.54, 1.807) is 0 Å². The van der Waals surface area contributed by atoms with Gasteiger partial charge in [-0.15, -0.1) is 0 Å². The van der Waals surface area contributed by atoms with Gasteiger partial charge in [-0.2, -0.15) is 0 Å². The lowest BCUT2D eigenvalue weighted by Crippen LogP contribution is -2.54. The van der Waals surface area contributed by atoms with Crippen molar-refractivity contribution in [3.8, 4) is 0 Å². The van der Waals surface area contributed by atoms with Gasteiger partial charge in [0.05, 0.1) is 12.1 Å². The summed E-state index contributed by atoms with van der Waals surface area (Å²) in [5, 5.41) is 5.76. The Bertz CT molecular complexity index is 317. The van der Waals surface area contributed by atoms with Gasteiger partial charge in [0.15, 0.2) is 0 Å². The largest absolute Gasteiger partial charge is 0.378 e. The first-order valence-corrected chi connectivity index (χ1v) is 6.90. The van der Waals surface area contributed by atoms with Crippen LogP contribution >= 0.6 is 0 Å². The molecule has 0 spiro atoms. The first-order chi connectivity index (χ1) is 8.69. The van der Waals surface area contributed by atoms with Gasteiger partial charge in [-0.25, -0.2) is 0 Å². The first kappa shape index (κ1) is 13.5. The van der Waals surface area contributed by atoms with E-state index in [0.29, 0.717) is 25.0 Å². The fraction of sp³-hybridized carbons (Fsp3) is 0.846. The second-order valence-electron chi connectivity index (χ2n) is 5.17. The van der Waals surface area contributed by atoms with Crippen molar-refractivity contribution in [3.63, 3.8) is 0 Å². The Kier molecular flexibility index (Phi) is 4.72. The lowest BCUT2D eigenvalue weighted by Gasteiger charge is -2.33. The maximum Gasteiger partial charge on any atom is 0.243 e. The number of carbonyl (C=O) groups excluding carboxylic acids is 2. The predicted octanol–water partition coefficient (Wildman–Crippen LogP) is 0.729. The third kappa shape index (κ3) is 3.53. The van der Waals surface area contributed by atoms with E-state index in [4.69, 9.17) is 4.74 Å². The van der Waals surface area contributed by atoms with Gasteiger partial charge in [-0.05, 0) is 25.7 Å². The molecule has 102 valence electrons. The lowest BCUT2D eigenvalue weighted by molar-refractivity contribution is -0.135. The van der Waals surface area contributed by atoms with Crippen LogP contribution < -0.4 is 10.6 Å². The maximum absolute atomic E-state index is 11.7. The van der Waals surface area contributed by atoms with Crippen molar-refractivity contribution in [1.82, 2.24) is 10.6 Å². The van der Waals surface area contributed by atoms with Crippen LogP contribution in [0.1, 0.15) is 45.4 Å².